The Balaban J connectivity index is 1.92. The van der Waals surface area contributed by atoms with Crippen molar-refractivity contribution in [3.8, 4) is 0 Å². The monoisotopic (exact) mass is 336 g/mol. The van der Waals surface area contributed by atoms with Gasteiger partial charge in [0.1, 0.15) is 5.76 Å². The van der Waals surface area contributed by atoms with E-state index in [4.69, 9.17) is 10.2 Å². The summed E-state index contributed by atoms with van der Waals surface area (Å²) in [6.45, 7) is 3.88. The molecule has 0 amide bonds. The van der Waals surface area contributed by atoms with E-state index in [1.807, 2.05) is 6.07 Å². The van der Waals surface area contributed by atoms with Crippen LogP contribution in [-0.2, 0) is 6.54 Å². The third kappa shape index (κ3) is 2.84. The third-order valence-electron chi connectivity index (χ3n) is 2.78. The van der Waals surface area contributed by atoms with Crippen LogP contribution in [0.2, 0.25) is 0 Å². The van der Waals surface area contributed by atoms with Gasteiger partial charge in [-0.05, 0) is 63.4 Å². The molecule has 1 atom stereocenters. The molecule has 1 unspecified atom stereocenters. The molecule has 84 valence electrons. The highest BCUT2D eigenvalue weighted by Crippen LogP contribution is 2.28. The van der Waals surface area contributed by atoms with Crippen LogP contribution in [0, 0.1) is 5.92 Å². The molecule has 1 saturated heterocycles. The highest BCUT2D eigenvalue weighted by Gasteiger charge is 2.22. The molecule has 0 spiro atoms. The molecule has 1 fully saturated rings. The lowest BCUT2D eigenvalue weighted by Gasteiger charge is -2.13. The smallest absolute Gasteiger partial charge is 0.183 e. The highest BCUT2D eigenvalue weighted by molar-refractivity contribution is 9.13. The van der Waals surface area contributed by atoms with Crippen LogP contribution in [0.4, 0.5) is 0 Å². The standard InChI is InChI=1S/C10H14Br2N2O/c11-9-3-8(15-10(9)12)6-14-2-1-7(4-13)5-14/h3,7H,1-2,4-6,13H2. The Morgan fingerprint density at radius 3 is 2.87 bits per heavy atom. The number of rotatable bonds is 3. The molecular weight excluding hydrogens is 324 g/mol. The van der Waals surface area contributed by atoms with Crippen LogP contribution >= 0.6 is 31.9 Å². The van der Waals surface area contributed by atoms with Gasteiger partial charge in [0.05, 0.1) is 11.0 Å². The van der Waals surface area contributed by atoms with Gasteiger partial charge in [-0.1, -0.05) is 0 Å². The maximum absolute atomic E-state index is 5.65. The second-order valence-corrected chi connectivity index (χ2v) is 5.53. The zero-order valence-corrected chi connectivity index (χ0v) is 11.6. The quantitative estimate of drug-likeness (QED) is 0.921. The molecule has 0 bridgehead atoms. The Bertz CT molecular complexity index is 321. The fraction of sp³-hybridized carbons (Fsp3) is 0.600. The van der Waals surface area contributed by atoms with Crippen LogP contribution in [0.15, 0.2) is 19.6 Å². The molecule has 0 saturated carbocycles. The van der Waals surface area contributed by atoms with Crippen molar-refractivity contribution in [2.24, 2.45) is 11.7 Å². The fourth-order valence-electron chi connectivity index (χ4n) is 1.94. The molecule has 5 heteroatoms. The summed E-state index contributed by atoms with van der Waals surface area (Å²) < 4.78 is 7.29. The average Bonchev–Trinajstić information content (AvgIpc) is 2.76. The molecule has 2 heterocycles. The number of halogens is 2. The minimum absolute atomic E-state index is 0.659. The molecular formula is C10H14Br2N2O. The maximum atomic E-state index is 5.65. The van der Waals surface area contributed by atoms with Gasteiger partial charge in [0.15, 0.2) is 4.67 Å². The normalized spacial score (nSPS) is 22.5. The summed E-state index contributed by atoms with van der Waals surface area (Å²) in [4.78, 5) is 2.38. The Hall–Kier alpha value is 0.160. The maximum Gasteiger partial charge on any atom is 0.183 e. The van der Waals surface area contributed by atoms with Gasteiger partial charge in [-0.15, -0.1) is 0 Å². The lowest BCUT2D eigenvalue weighted by Crippen LogP contribution is -2.22. The first-order valence-corrected chi connectivity index (χ1v) is 6.63. The van der Waals surface area contributed by atoms with E-state index in [0.29, 0.717) is 5.92 Å². The van der Waals surface area contributed by atoms with Gasteiger partial charge in [-0.2, -0.15) is 0 Å². The largest absolute Gasteiger partial charge is 0.452 e. The minimum atomic E-state index is 0.659. The zero-order valence-electron chi connectivity index (χ0n) is 8.38. The summed E-state index contributed by atoms with van der Waals surface area (Å²) in [5.74, 6) is 1.65. The molecule has 1 aromatic heterocycles. The van der Waals surface area contributed by atoms with Gasteiger partial charge in [0.2, 0.25) is 0 Å². The van der Waals surface area contributed by atoms with E-state index in [1.54, 1.807) is 0 Å². The summed E-state index contributed by atoms with van der Waals surface area (Å²) in [6, 6.07) is 2.01. The minimum Gasteiger partial charge on any atom is -0.452 e. The molecule has 0 radical (unpaired) electrons. The van der Waals surface area contributed by atoms with E-state index in [9.17, 15) is 0 Å². The number of nitrogens with zero attached hydrogens (tertiary/aromatic N) is 1. The van der Waals surface area contributed by atoms with Gasteiger partial charge in [0, 0.05) is 6.54 Å². The van der Waals surface area contributed by atoms with Gasteiger partial charge in [0.25, 0.3) is 0 Å². The Kier molecular flexibility index (Phi) is 3.88. The van der Waals surface area contributed by atoms with Crippen molar-refractivity contribution in [2.75, 3.05) is 19.6 Å². The number of furan rings is 1. The molecule has 1 aliphatic heterocycles. The van der Waals surface area contributed by atoms with Gasteiger partial charge < -0.3 is 10.2 Å². The summed E-state index contributed by atoms with van der Waals surface area (Å²) in [7, 11) is 0. The molecule has 15 heavy (non-hydrogen) atoms. The van der Waals surface area contributed by atoms with Crippen LogP contribution in [0.1, 0.15) is 12.2 Å². The zero-order chi connectivity index (χ0) is 10.8. The Morgan fingerprint density at radius 1 is 1.53 bits per heavy atom. The number of hydrogen-bond acceptors (Lipinski definition) is 3. The molecule has 0 aliphatic carbocycles. The van der Waals surface area contributed by atoms with E-state index >= 15 is 0 Å². The van der Waals surface area contributed by atoms with Crippen molar-refractivity contribution in [3.05, 3.63) is 21.0 Å². The topological polar surface area (TPSA) is 42.4 Å². The van der Waals surface area contributed by atoms with Crippen LogP contribution in [-0.4, -0.2) is 24.5 Å². The van der Waals surface area contributed by atoms with E-state index in [1.165, 1.54) is 6.42 Å². The number of hydrogen-bond donors (Lipinski definition) is 1. The summed E-state index contributed by atoms with van der Waals surface area (Å²) in [5.41, 5.74) is 5.65. The molecule has 3 nitrogen and oxygen atoms in total. The first-order valence-electron chi connectivity index (χ1n) is 5.05. The Morgan fingerprint density at radius 2 is 2.33 bits per heavy atom. The molecule has 2 rings (SSSR count). The van der Waals surface area contributed by atoms with Crippen molar-refractivity contribution in [1.82, 2.24) is 4.90 Å². The van der Waals surface area contributed by atoms with Gasteiger partial charge in [-0.25, -0.2) is 0 Å². The second kappa shape index (κ2) is 4.99. The summed E-state index contributed by atoms with van der Waals surface area (Å²) in [6.07, 6.45) is 1.21. The van der Waals surface area contributed by atoms with Crippen LogP contribution in [0.5, 0.6) is 0 Å². The molecule has 1 aromatic rings. The van der Waals surface area contributed by atoms with Crippen molar-refractivity contribution in [3.63, 3.8) is 0 Å². The highest BCUT2D eigenvalue weighted by atomic mass is 79.9. The van der Waals surface area contributed by atoms with E-state index in [-0.39, 0.29) is 0 Å². The average molecular weight is 338 g/mol. The SMILES string of the molecule is NCC1CCN(Cc2cc(Br)c(Br)o2)C1. The number of likely N-dealkylation sites (tertiary alicyclic amines) is 1. The lowest BCUT2D eigenvalue weighted by molar-refractivity contribution is 0.285. The molecule has 2 N–H and O–H groups in total. The summed E-state index contributed by atoms with van der Waals surface area (Å²) in [5, 5.41) is 0. The van der Waals surface area contributed by atoms with Crippen molar-refractivity contribution < 1.29 is 4.42 Å². The van der Waals surface area contributed by atoms with Gasteiger partial charge >= 0.3 is 0 Å². The first-order chi connectivity index (χ1) is 7.19. The third-order valence-corrected chi connectivity index (χ3v) is 4.49. The Labute approximate surface area is 106 Å². The lowest BCUT2D eigenvalue weighted by atomic mass is 10.1. The predicted molar refractivity (Wildman–Crippen MR) is 66.5 cm³/mol. The second-order valence-electron chi connectivity index (χ2n) is 3.96. The van der Waals surface area contributed by atoms with E-state index in [0.717, 1.165) is 41.1 Å². The van der Waals surface area contributed by atoms with E-state index in [2.05, 4.69) is 36.8 Å². The summed E-state index contributed by atoms with van der Waals surface area (Å²) >= 11 is 6.75. The van der Waals surface area contributed by atoms with Crippen LogP contribution in [0.25, 0.3) is 0 Å². The molecule has 0 aromatic carbocycles. The molecule has 1 aliphatic rings. The van der Waals surface area contributed by atoms with E-state index < -0.39 is 0 Å². The fourth-order valence-corrected chi connectivity index (χ4v) is 2.60. The predicted octanol–water partition coefficient (Wildman–Crippen LogP) is 2.59. The first kappa shape index (κ1) is 11.6. The van der Waals surface area contributed by atoms with Crippen LogP contribution in [0.3, 0.4) is 0 Å². The van der Waals surface area contributed by atoms with Crippen molar-refractivity contribution in [2.45, 2.75) is 13.0 Å². The van der Waals surface area contributed by atoms with Crippen molar-refractivity contribution in [1.29, 1.82) is 0 Å². The number of nitrogens with two attached hydrogens (primary N) is 1. The van der Waals surface area contributed by atoms with Crippen molar-refractivity contribution >= 4 is 31.9 Å². The van der Waals surface area contributed by atoms with Gasteiger partial charge in [-0.3, -0.25) is 4.90 Å². The van der Waals surface area contributed by atoms with Crippen LogP contribution < -0.4 is 5.73 Å².